The Morgan fingerprint density at radius 1 is 1.24 bits per heavy atom. The standard InChI is InChI=1S/C15H11ClN2O6S/c1-23-14(19)8-2-4-9(5-3-8)18-25(21,22)13-7-12-11(6-10(13)16)17-15(20)24-12/h2-7,18H,1H3,(H,17,20). The number of hydrogen-bond acceptors (Lipinski definition) is 6. The number of H-pyrrole nitrogens is 1. The molecule has 0 aliphatic carbocycles. The number of sulfonamides is 1. The highest BCUT2D eigenvalue weighted by atomic mass is 35.5. The smallest absolute Gasteiger partial charge is 0.417 e. The quantitative estimate of drug-likeness (QED) is 0.668. The van der Waals surface area contributed by atoms with E-state index in [1.54, 1.807) is 0 Å². The zero-order chi connectivity index (χ0) is 18.2. The molecule has 0 unspecified atom stereocenters. The van der Waals surface area contributed by atoms with Crippen molar-refractivity contribution >= 4 is 44.4 Å². The van der Waals surface area contributed by atoms with Crippen LogP contribution < -0.4 is 10.5 Å². The van der Waals surface area contributed by atoms with E-state index >= 15 is 0 Å². The van der Waals surface area contributed by atoms with Crippen LogP contribution in [0.15, 0.2) is 50.5 Å². The molecule has 2 N–H and O–H groups in total. The fourth-order valence-corrected chi connectivity index (χ4v) is 3.76. The molecule has 0 amide bonds. The first-order valence-corrected chi connectivity index (χ1v) is 8.70. The minimum atomic E-state index is -4.04. The Morgan fingerprint density at radius 2 is 1.92 bits per heavy atom. The molecular weight excluding hydrogens is 372 g/mol. The summed E-state index contributed by atoms with van der Waals surface area (Å²) in [6, 6.07) is 8.09. The van der Waals surface area contributed by atoms with Gasteiger partial charge in [-0.1, -0.05) is 11.6 Å². The molecule has 0 aliphatic heterocycles. The van der Waals surface area contributed by atoms with E-state index in [1.807, 2.05) is 0 Å². The lowest BCUT2D eigenvalue weighted by Crippen LogP contribution is -2.13. The second-order valence-corrected chi connectivity index (χ2v) is 7.03. The second-order valence-electron chi connectivity index (χ2n) is 4.97. The van der Waals surface area contributed by atoms with E-state index in [4.69, 9.17) is 16.0 Å². The van der Waals surface area contributed by atoms with Gasteiger partial charge in [0.15, 0.2) is 5.58 Å². The monoisotopic (exact) mass is 382 g/mol. The lowest BCUT2D eigenvalue weighted by atomic mass is 10.2. The zero-order valence-electron chi connectivity index (χ0n) is 12.7. The van der Waals surface area contributed by atoms with E-state index in [0.29, 0.717) is 0 Å². The van der Waals surface area contributed by atoms with Crippen LogP contribution in [-0.4, -0.2) is 26.5 Å². The molecule has 0 aliphatic rings. The minimum Gasteiger partial charge on any atom is -0.465 e. The highest BCUT2D eigenvalue weighted by Crippen LogP contribution is 2.28. The van der Waals surface area contributed by atoms with Crippen LogP contribution in [0.3, 0.4) is 0 Å². The van der Waals surface area contributed by atoms with Gasteiger partial charge in [-0.15, -0.1) is 0 Å². The van der Waals surface area contributed by atoms with Crippen molar-refractivity contribution in [3.8, 4) is 0 Å². The summed E-state index contributed by atoms with van der Waals surface area (Å²) in [5.74, 6) is -1.25. The largest absolute Gasteiger partial charge is 0.465 e. The summed E-state index contributed by atoms with van der Waals surface area (Å²) in [4.78, 5) is 24.7. The lowest BCUT2D eigenvalue weighted by molar-refractivity contribution is 0.0601. The van der Waals surface area contributed by atoms with E-state index in [0.717, 1.165) is 6.07 Å². The Balaban J connectivity index is 1.95. The van der Waals surface area contributed by atoms with E-state index in [-0.39, 0.29) is 32.3 Å². The van der Waals surface area contributed by atoms with Crippen LogP contribution in [0.2, 0.25) is 5.02 Å². The second kappa shape index (κ2) is 6.26. The number of rotatable bonds is 4. The molecular formula is C15H11ClN2O6S. The number of aromatic amines is 1. The molecule has 0 saturated carbocycles. The highest BCUT2D eigenvalue weighted by molar-refractivity contribution is 7.92. The van der Waals surface area contributed by atoms with Crippen molar-refractivity contribution in [3.05, 3.63) is 57.5 Å². The predicted octanol–water partition coefficient (Wildman–Crippen LogP) is 2.36. The molecule has 0 bridgehead atoms. The third-order valence-electron chi connectivity index (χ3n) is 3.32. The van der Waals surface area contributed by atoms with Crippen molar-refractivity contribution in [2.45, 2.75) is 4.90 Å². The number of aromatic nitrogens is 1. The van der Waals surface area contributed by atoms with Crippen molar-refractivity contribution in [1.29, 1.82) is 0 Å². The molecule has 3 aromatic rings. The molecule has 0 spiro atoms. The van der Waals surface area contributed by atoms with E-state index in [1.165, 1.54) is 37.4 Å². The fraction of sp³-hybridized carbons (Fsp3) is 0.0667. The Kier molecular flexibility index (Phi) is 4.27. The van der Waals surface area contributed by atoms with Crippen LogP contribution in [0.25, 0.3) is 11.1 Å². The summed E-state index contributed by atoms with van der Waals surface area (Å²) in [6.45, 7) is 0. The molecule has 0 saturated heterocycles. The van der Waals surface area contributed by atoms with Crippen molar-refractivity contribution in [3.63, 3.8) is 0 Å². The number of nitrogens with one attached hydrogen (secondary N) is 2. The predicted molar refractivity (Wildman–Crippen MR) is 90.4 cm³/mol. The van der Waals surface area contributed by atoms with E-state index < -0.39 is 21.7 Å². The number of methoxy groups -OCH3 is 1. The molecule has 2 aromatic carbocycles. The summed E-state index contributed by atoms with van der Waals surface area (Å²) in [7, 11) is -2.79. The first-order valence-electron chi connectivity index (χ1n) is 6.84. The summed E-state index contributed by atoms with van der Waals surface area (Å²) in [5, 5.41) is -0.0803. The van der Waals surface area contributed by atoms with Gasteiger partial charge in [-0.05, 0) is 30.3 Å². The molecule has 0 fully saturated rings. The van der Waals surface area contributed by atoms with Crippen molar-refractivity contribution in [2.75, 3.05) is 11.8 Å². The lowest BCUT2D eigenvalue weighted by Gasteiger charge is -2.10. The summed E-state index contributed by atoms with van der Waals surface area (Å²) in [5.41, 5.74) is 0.852. The molecule has 25 heavy (non-hydrogen) atoms. The number of hydrogen-bond donors (Lipinski definition) is 2. The Labute approximate surface area is 146 Å². The molecule has 3 rings (SSSR count). The van der Waals surface area contributed by atoms with Gasteiger partial charge in [-0.2, -0.15) is 0 Å². The SMILES string of the molecule is COC(=O)c1ccc(NS(=O)(=O)c2cc3oc(=O)[nH]c3cc2Cl)cc1. The number of halogens is 1. The summed E-state index contributed by atoms with van der Waals surface area (Å²) in [6.07, 6.45) is 0. The van der Waals surface area contributed by atoms with Crippen molar-refractivity contribution in [2.24, 2.45) is 0 Å². The number of ether oxygens (including phenoxy) is 1. The Morgan fingerprint density at radius 3 is 2.56 bits per heavy atom. The third-order valence-corrected chi connectivity index (χ3v) is 5.17. The molecule has 0 atom stereocenters. The molecule has 0 radical (unpaired) electrons. The van der Waals surface area contributed by atoms with Crippen LogP contribution in [0.5, 0.6) is 0 Å². The number of benzene rings is 2. The number of carbonyl (C=O) groups is 1. The van der Waals surface area contributed by atoms with Gasteiger partial charge in [0, 0.05) is 11.8 Å². The van der Waals surface area contributed by atoms with Crippen LogP contribution in [0.1, 0.15) is 10.4 Å². The van der Waals surface area contributed by atoms with Crippen LogP contribution in [0, 0.1) is 0 Å². The van der Waals surface area contributed by atoms with Gasteiger partial charge in [0.2, 0.25) is 0 Å². The molecule has 130 valence electrons. The normalized spacial score (nSPS) is 11.4. The van der Waals surface area contributed by atoms with Crippen LogP contribution >= 0.6 is 11.6 Å². The number of anilines is 1. The molecule has 8 nitrogen and oxygen atoms in total. The van der Waals surface area contributed by atoms with Gasteiger partial charge in [0.05, 0.1) is 23.2 Å². The molecule has 1 heterocycles. The maximum Gasteiger partial charge on any atom is 0.417 e. The van der Waals surface area contributed by atoms with Gasteiger partial charge >= 0.3 is 11.7 Å². The average Bonchev–Trinajstić information content (AvgIpc) is 2.92. The first kappa shape index (κ1) is 17.1. The number of carbonyl (C=O) groups excluding carboxylic acids is 1. The average molecular weight is 383 g/mol. The highest BCUT2D eigenvalue weighted by Gasteiger charge is 2.21. The minimum absolute atomic E-state index is 0.0656. The Hall–Kier alpha value is -2.78. The summed E-state index contributed by atoms with van der Waals surface area (Å²) < 4.78 is 36.8. The van der Waals surface area contributed by atoms with Gasteiger partial charge in [0.25, 0.3) is 10.0 Å². The van der Waals surface area contributed by atoms with Crippen molar-refractivity contribution < 1.29 is 22.4 Å². The van der Waals surface area contributed by atoms with E-state index in [9.17, 15) is 18.0 Å². The molecule has 10 heteroatoms. The maximum atomic E-state index is 12.5. The van der Waals surface area contributed by atoms with E-state index in [2.05, 4.69) is 14.4 Å². The summed E-state index contributed by atoms with van der Waals surface area (Å²) >= 11 is 6.00. The molecule has 1 aromatic heterocycles. The van der Waals surface area contributed by atoms with Crippen LogP contribution in [0.4, 0.5) is 5.69 Å². The van der Waals surface area contributed by atoms with Gasteiger partial charge < -0.3 is 9.15 Å². The van der Waals surface area contributed by atoms with Gasteiger partial charge in [-0.3, -0.25) is 9.71 Å². The van der Waals surface area contributed by atoms with Gasteiger partial charge in [0.1, 0.15) is 4.90 Å². The fourth-order valence-electron chi connectivity index (χ4n) is 2.16. The van der Waals surface area contributed by atoms with Crippen molar-refractivity contribution in [1.82, 2.24) is 4.98 Å². The first-order chi connectivity index (χ1) is 11.8. The maximum absolute atomic E-state index is 12.5. The number of oxazole rings is 1. The zero-order valence-corrected chi connectivity index (χ0v) is 14.3. The topological polar surface area (TPSA) is 118 Å². The van der Waals surface area contributed by atoms with Gasteiger partial charge in [-0.25, -0.2) is 18.0 Å². The third kappa shape index (κ3) is 3.37. The Bertz CT molecular complexity index is 1120. The number of fused-ring (bicyclic) bond motifs is 1. The number of esters is 1. The van der Waals surface area contributed by atoms with Crippen LogP contribution in [-0.2, 0) is 14.8 Å².